The van der Waals surface area contributed by atoms with Crippen LogP contribution in [0.15, 0.2) is 36.4 Å². The molecule has 2 nitrogen and oxygen atoms in total. The number of hydrogen-bond donors (Lipinski definition) is 1. The zero-order valence-corrected chi connectivity index (χ0v) is 12.5. The molecule has 0 radical (unpaired) electrons. The highest BCUT2D eigenvalue weighted by Gasteiger charge is 2.15. The molecule has 0 fully saturated rings. The second-order valence-corrected chi connectivity index (χ2v) is 5.66. The van der Waals surface area contributed by atoms with Crippen LogP contribution >= 0.6 is 12.2 Å². The molecule has 3 rings (SSSR count). The third kappa shape index (κ3) is 2.27. The fraction of sp³-hybridized carbons (Fsp3) is 0.188. The van der Waals surface area contributed by atoms with E-state index in [9.17, 15) is 8.78 Å². The second-order valence-electron chi connectivity index (χ2n) is 5.27. The Balaban J connectivity index is 2.27. The minimum atomic E-state index is -0.896. The summed E-state index contributed by atoms with van der Waals surface area (Å²) >= 11 is 5.24. The van der Waals surface area contributed by atoms with Crippen LogP contribution in [-0.4, -0.2) is 9.55 Å². The number of benzene rings is 2. The molecule has 0 saturated carbocycles. The normalized spacial score (nSPS) is 11.5. The van der Waals surface area contributed by atoms with Gasteiger partial charge >= 0.3 is 0 Å². The van der Waals surface area contributed by atoms with Crippen LogP contribution in [0, 0.1) is 16.4 Å². The summed E-state index contributed by atoms with van der Waals surface area (Å²) in [6.45, 7) is 4.20. The molecular weight excluding hydrogens is 290 g/mol. The Kier molecular flexibility index (Phi) is 3.37. The predicted octanol–water partition coefficient (Wildman–Crippen LogP) is 5.09. The van der Waals surface area contributed by atoms with Gasteiger partial charge in [0.2, 0.25) is 0 Å². The first-order chi connectivity index (χ1) is 9.99. The summed E-state index contributed by atoms with van der Waals surface area (Å²) in [5, 5.41) is 0. The SMILES string of the molecule is CC(C)c1ccc(-n2c(=S)[nH]c3ccc(F)c(F)c32)cc1. The van der Waals surface area contributed by atoms with E-state index in [1.807, 2.05) is 24.3 Å². The van der Waals surface area contributed by atoms with E-state index in [2.05, 4.69) is 18.8 Å². The Bertz CT molecular complexity index is 860. The molecule has 0 amide bonds. The van der Waals surface area contributed by atoms with Gasteiger partial charge in [0.15, 0.2) is 16.4 Å². The lowest BCUT2D eigenvalue weighted by molar-refractivity contribution is 0.514. The fourth-order valence-electron chi connectivity index (χ4n) is 2.39. The molecule has 1 aromatic heterocycles. The smallest absolute Gasteiger partial charge is 0.184 e. The molecule has 0 atom stereocenters. The van der Waals surface area contributed by atoms with Crippen LogP contribution in [0.25, 0.3) is 16.7 Å². The lowest BCUT2D eigenvalue weighted by Gasteiger charge is -2.09. The van der Waals surface area contributed by atoms with Crippen LogP contribution in [0.5, 0.6) is 0 Å². The van der Waals surface area contributed by atoms with E-state index in [-0.39, 0.29) is 5.52 Å². The van der Waals surface area contributed by atoms with Gasteiger partial charge in [0.05, 0.1) is 5.52 Å². The standard InChI is InChI=1S/C16H14F2N2S/c1-9(2)10-3-5-11(6-4-10)20-15-13(19-16(20)21)8-7-12(17)14(15)18/h3-9H,1-2H3,(H,19,21). The molecule has 108 valence electrons. The van der Waals surface area contributed by atoms with Crippen molar-refractivity contribution in [1.82, 2.24) is 9.55 Å². The third-order valence-electron chi connectivity index (χ3n) is 3.56. The van der Waals surface area contributed by atoms with Crippen LogP contribution in [0.2, 0.25) is 0 Å². The number of nitrogens with one attached hydrogen (secondary N) is 1. The number of hydrogen-bond acceptors (Lipinski definition) is 1. The highest BCUT2D eigenvalue weighted by atomic mass is 32.1. The Morgan fingerprint density at radius 1 is 1.05 bits per heavy atom. The minimum Gasteiger partial charge on any atom is -0.330 e. The van der Waals surface area contributed by atoms with E-state index in [4.69, 9.17) is 12.2 Å². The van der Waals surface area contributed by atoms with Gasteiger partial charge in [-0.2, -0.15) is 0 Å². The van der Waals surface area contributed by atoms with Crippen LogP contribution in [0.1, 0.15) is 25.3 Å². The van der Waals surface area contributed by atoms with Crippen molar-refractivity contribution in [2.75, 3.05) is 0 Å². The highest BCUT2D eigenvalue weighted by molar-refractivity contribution is 7.71. The molecule has 0 aliphatic rings. The monoisotopic (exact) mass is 304 g/mol. The summed E-state index contributed by atoms with van der Waals surface area (Å²) in [7, 11) is 0. The molecule has 1 heterocycles. The zero-order valence-electron chi connectivity index (χ0n) is 11.7. The molecular formula is C16H14F2N2S. The van der Waals surface area contributed by atoms with Crippen molar-refractivity contribution in [2.45, 2.75) is 19.8 Å². The van der Waals surface area contributed by atoms with Crippen LogP contribution in [-0.2, 0) is 0 Å². The van der Waals surface area contributed by atoms with Gasteiger partial charge in [-0.25, -0.2) is 8.78 Å². The van der Waals surface area contributed by atoms with E-state index in [1.54, 1.807) is 0 Å². The van der Waals surface area contributed by atoms with Gasteiger partial charge < -0.3 is 4.98 Å². The Morgan fingerprint density at radius 3 is 2.33 bits per heavy atom. The number of aromatic nitrogens is 2. The number of aromatic amines is 1. The van der Waals surface area contributed by atoms with Gasteiger partial charge in [-0.1, -0.05) is 26.0 Å². The molecule has 0 saturated heterocycles. The molecule has 0 aliphatic heterocycles. The molecule has 0 unspecified atom stereocenters. The summed E-state index contributed by atoms with van der Waals surface area (Å²) in [4.78, 5) is 2.90. The second kappa shape index (κ2) is 5.07. The van der Waals surface area contributed by atoms with E-state index >= 15 is 0 Å². The first-order valence-electron chi connectivity index (χ1n) is 6.68. The van der Waals surface area contributed by atoms with Crippen molar-refractivity contribution in [2.24, 2.45) is 0 Å². The Labute approximate surface area is 126 Å². The Morgan fingerprint density at radius 2 is 1.71 bits per heavy atom. The van der Waals surface area contributed by atoms with Crippen molar-refractivity contribution < 1.29 is 8.78 Å². The van der Waals surface area contributed by atoms with Crippen molar-refractivity contribution >= 4 is 23.3 Å². The van der Waals surface area contributed by atoms with E-state index in [0.29, 0.717) is 21.9 Å². The maximum absolute atomic E-state index is 14.1. The van der Waals surface area contributed by atoms with Crippen LogP contribution < -0.4 is 0 Å². The third-order valence-corrected chi connectivity index (χ3v) is 3.84. The average Bonchev–Trinajstić information content (AvgIpc) is 2.80. The lowest BCUT2D eigenvalue weighted by Crippen LogP contribution is -1.98. The molecule has 3 aromatic rings. The fourth-order valence-corrected chi connectivity index (χ4v) is 2.69. The maximum atomic E-state index is 14.1. The van der Waals surface area contributed by atoms with Gasteiger partial charge in [-0.05, 0) is 48.0 Å². The van der Waals surface area contributed by atoms with E-state index in [1.165, 1.54) is 16.2 Å². The molecule has 1 N–H and O–H groups in total. The van der Waals surface area contributed by atoms with Gasteiger partial charge in [0, 0.05) is 5.69 Å². The van der Waals surface area contributed by atoms with Crippen molar-refractivity contribution in [3.8, 4) is 5.69 Å². The number of fused-ring (bicyclic) bond motifs is 1. The number of imidazole rings is 1. The molecule has 0 aliphatic carbocycles. The summed E-state index contributed by atoms with van der Waals surface area (Å²) in [6, 6.07) is 10.2. The number of nitrogens with zero attached hydrogens (tertiary/aromatic N) is 1. The molecule has 0 bridgehead atoms. The molecule has 2 aromatic carbocycles. The number of H-pyrrole nitrogens is 1. The van der Waals surface area contributed by atoms with Crippen molar-refractivity contribution in [3.05, 3.63) is 58.4 Å². The summed E-state index contributed by atoms with van der Waals surface area (Å²) in [5.74, 6) is -1.37. The topological polar surface area (TPSA) is 20.7 Å². The Hall–Kier alpha value is -2.01. The van der Waals surface area contributed by atoms with Crippen molar-refractivity contribution in [1.29, 1.82) is 0 Å². The summed E-state index contributed by atoms with van der Waals surface area (Å²) in [5.41, 5.74) is 2.50. The van der Waals surface area contributed by atoms with Gasteiger partial charge in [0.1, 0.15) is 5.52 Å². The van der Waals surface area contributed by atoms with Gasteiger partial charge in [0.25, 0.3) is 0 Å². The first kappa shape index (κ1) is 13.9. The summed E-state index contributed by atoms with van der Waals surface area (Å²) in [6.07, 6.45) is 0. The largest absolute Gasteiger partial charge is 0.330 e. The summed E-state index contributed by atoms with van der Waals surface area (Å²) < 4.78 is 29.5. The van der Waals surface area contributed by atoms with Crippen molar-refractivity contribution in [3.63, 3.8) is 0 Å². The quantitative estimate of drug-likeness (QED) is 0.654. The van der Waals surface area contributed by atoms with Gasteiger partial charge in [-0.15, -0.1) is 0 Å². The lowest BCUT2D eigenvalue weighted by atomic mass is 10.0. The van der Waals surface area contributed by atoms with Crippen LogP contribution in [0.3, 0.4) is 0 Å². The maximum Gasteiger partial charge on any atom is 0.184 e. The van der Waals surface area contributed by atoms with E-state index in [0.717, 1.165) is 6.07 Å². The molecule has 0 spiro atoms. The highest BCUT2D eigenvalue weighted by Crippen LogP contribution is 2.25. The first-order valence-corrected chi connectivity index (χ1v) is 7.09. The minimum absolute atomic E-state index is 0.136. The van der Waals surface area contributed by atoms with Crippen LogP contribution in [0.4, 0.5) is 8.78 Å². The van der Waals surface area contributed by atoms with E-state index < -0.39 is 11.6 Å². The average molecular weight is 304 g/mol. The number of rotatable bonds is 2. The predicted molar refractivity (Wildman–Crippen MR) is 82.5 cm³/mol. The zero-order chi connectivity index (χ0) is 15.1. The number of halogens is 2. The van der Waals surface area contributed by atoms with Gasteiger partial charge in [-0.3, -0.25) is 4.57 Å². The molecule has 5 heteroatoms. The molecule has 21 heavy (non-hydrogen) atoms.